The van der Waals surface area contributed by atoms with Crippen molar-refractivity contribution in [3.63, 3.8) is 0 Å². The quantitative estimate of drug-likeness (QED) is 0.928. The number of para-hydroxylation sites is 1. The fourth-order valence-corrected chi connectivity index (χ4v) is 4.40. The fourth-order valence-electron chi connectivity index (χ4n) is 4.40. The molecule has 3 atom stereocenters. The van der Waals surface area contributed by atoms with Gasteiger partial charge in [0.1, 0.15) is 0 Å². The van der Waals surface area contributed by atoms with E-state index >= 15 is 0 Å². The van der Waals surface area contributed by atoms with E-state index in [1.165, 1.54) is 10.9 Å². The van der Waals surface area contributed by atoms with Crippen molar-refractivity contribution in [2.45, 2.75) is 44.4 Å². The lowest BCUT2D eigenvalue weighted by Crippen LogP contribution is -2.53. The molecule has 0 radical (unpaired) electrons. The summed E-state index contributed by atoms with van der Waals surface area (Å²) in [5, 5.41) is 11.4. The number of carbonyl (C=O) groups is 1. The number of hydrogen-bond donors (Lipinski definition) is 1. The summed E-state index contributed by atoms with van der Waals surface area (Å²) in [5.74, 6) is 0.335. The molecule has 1 saturated heterocycles. The molecule has 1 aliphatic heterocycles. The van der Waals surface area contributed by atoms with Gasteiger partial charge in [0.2, 0.25) is 5.91 Å². The molecule has 5 nitrogen and oxygen atoms in total. The van der Waals surface area contributed by atoms with E-state index in [-0.39, 0.29) is 24.0 Å². The third kappa shape index (κ3) is 3.31. The lowest BCUT2D eigenvalue weighted by Gasteiger charge is -2.40. The van der Waals surface area contributed by atoms with Gasteiger partial charge in [-0.25, -0.2) is 0 Å². The van der Waals surface area contributed by atoms with Crippen LogP contribution < -0.4 is 0 Å². The normalized spacial score (nSPS) is 27.1. The summed E-state index contributed by atoms with van der Waals surface area (Å²) in [6, 6.07) is 10.4. The summed E-state index contributed by atoms with van der Waals surface area (Å²) < 4.78 is 7.77. The molecule has 2 fully saturated rings. The maximum Gasteiger partial charge on any atom is 0.224 e. The van der Waals surface area contributed by atoms with Gasteiger partial charge in [-0.2, -0.15) is 0 Å². The van der Waals surface area contributed by atoms with Crippen LogP contribution in [0, 0.1) is 5.92 Å². The Morgan fingerprint density at radius 2 is 2.12 bits per heavy atom. The van der Waals surface area contributed by atoms with Crippen molar-refractivity contribution in [3.05, 3.63) is 36.5 Å². The standard InChI is InChI=1S/C20H26N2O3/c23-19-7-3-5-16(19)18-14-25-13-12-22(18)20(24)9-11-21-10-8-15-4-1-2-6-17(15)21/h1-2,4,6,8,10,16,18-19,23H,3,5,7,9,11-14H2/t16-,18+,19+/m0/s1. The monoisotopic (exact) mass is 342 g/mol. The van der Waals surface area contributed by atoms with Crippen molar-refractivity contribution in [2.24, 2.45) is 5.92 Å². The van der Waals surface area contributed by atoms with Crippen LogP contribution in [0.4, 0.5) is 0 Å². The average Bonchev–Trinajstić information content (AvgIpc) is 3.26. The van der Waals surface area contributed by atoms with Crippen LogP contribution in [0.2, 0.25) is 0 Å². The number of carbonyl (C=O) groups excluding carboxylic acids is 1. The number of fused-ring (bicyclic) bond motifs is 1. The molecule has 1 N–H and O–H groups in total. The second-order valence-corrected chi connectivity index (χ2v) is 7.21. The van der Waals surface area contributed by atoms with E-state index < -0.39 is 0 Å². The third-order valence-corrected chi connectivity index (χ3v) is 5.76. The molecule has 0 bridgehead atoms. The minimum atomic E-state index is -0.296. The van der Waals surface area contributed by atoms with Gasteiger partial charge < -0.3 is 19.3 Å². The Labute approximate surface area is 148 Å². The molecule has 1 amide bonds. The Balaban J connectivity index is 1.44. The van der Waals surface area contributed by atoms with Crippen LogP contribution in [0.5, 0.6) is 0 Å². The highest BCUT2D eigenvalue weighted by atomic mass is 16.5. The number of hydrogen-bond acceptors (Lipinski definition) is 3. The summed E-state index contributed by atoms with van der Waals surface area (Å²) in [6.45, 7) is 2.47. The molecule has 4 rings (SSSR count). The van der Waals surface area contributed by atoms with Crippen LogP contribution in [-0.2, 0) is 16.1 Å². The van der Waals surface area contributed by atoms with Gasteiger partial charge in [-0.3, -0.25) is 4.79 Å². The zero-order valence-electron chi connectivity index (χ0n) is 14.5. The third-order valence-electron chi connectivity index (χ3n) is 5.76. The molecular weight excluding hydrogens is 316 g/mol. The summed E-state index contributed by atoms with van der Waals surface area (Å²) in [4.78, 5) is 14.8. The highest BCUT2D eigenvalue weighted by Crippen LogP contribution is 2.32. The topological polar surface area (TPSA) is 54.7 Å². The molecule has 2 aromatic rings. The SMILES string of the molecule is O=C(CCn1ccc2ccccc21)N1CCOC[C@@H]1[C@@H]1CCC[C@H]1O. The van der Waals surface area contributed by atoms with Crippen LogP contribution in [0.1, 0.15) is 25.7 Å². The van der Waals surface area contributed by atoms with E-state index in [4.69, 9.17) is 4.74 Å². The van der Waals surface area contributed by atoms with Gasteiger partial charge in [-0.15, -0.1) is 0 Å². The molecule has 0 unspecified atom stereocenters. The first-order valence-corrected chi connectivity index (χ1v) is 9.33. The van der Waals surface area contributed by atoms with Gasteiger partial charge in [0, 0.05) is 37.1 Å². The van der Waals surface area contributed by atoms with Crippen LogP contribution in [0.3, 0.4) is 0 Å². The molecule has 25 heavy (non-hydrogen) atoms. The molecule has 2 heterocycles. The Bertz CT molecular complexity index is 741. The van der Waals surface area contributed by atoms with Gasteiger partial charge in [0.25, 0.3) is 0 Å². The van der Waals surface area contributed by atoms with E-state index in [9.17, 15) is 9.90 Å². The van der Waals surface area contributed by atoms with E-state index in [1.807, 2.05) is 17.0 Å². The van der Waals surface area contributed by atoms with Gasteiger partial charge in [-0.1, -0.05) is 24.6 Å². The van der Waals surface area contributed by atoms with Crippen molar-refractivity contribution >= 4 is 16.8 Å². The van der Waals surface area contributed by atoms with E-state index in [1.54, 1.807) is 0 Å². The first kappa shape index (κ1) is 16.6. The van der Waals surface area contributed by atoms with Gasteiger partial charge in [0.15, 0.2) is 0 Å². The smallest absolute Gasteiger partial charge is 0.224 e. The van der Waals surface area contributed by atoms with Crippen molar-refractivity contribution < 1.29 is 14.6 Å². The zero-order chi connectivity index (χ0) is 17.2. The Kier molecular flexibility index (Phi) is 4.77. The molecule has 1 aromatic carbocycles. The summed E-state index contributed by atoms with van der Waals surface area (Å²) in [6.07, 6.45) is 5.11. The minimum Gasteiger partial charge on any atom is -0.393 e. The molecule has 134 valence electrons. The zero-order valence-corrected chi connectivity index (χ0v) is 14.5. The fraction of sp³-hybridized carbons (Fsp3) is 0.550. The number of aromatic nitrogens is 1. The molecule has 0 spiro atoms. The minimum absolute atomic E-state index is 0.0279. The van der Waals surface area contributed by atoms with E-state index in [2.05, 4.69) is 29.0 Å². The largest absolute Gasteiger partial charge is 0.393 e. The number of ether oxygens (including phenoxy) is 1. The van der Waals surface area contributed by atoms with Crippen molar-refractivity contribution in [1.29, 1.82) is 0 Å². The number of morpholine rings is 1. The lowest BCUT2D eigenvalue weighted by molar-refractivity contribution is -0.144. The Morgan fingerprint density at radius 3 is 2.96 bits per heavy atom. The van der Waals surface area contributed by atoms with Crippen LogP contribution >= 0.6 is 0 Å². The molecule has 1 aromatic heterocycles. The Hall–Kier alpha value is -1.85. The van der Waals surface area contributed by atoms with Gasteiger partial charge >= 0.3 is 0 Å². The second kappa shape index (κ2) is 7.18. The number of amides is 1. The van der Waals surface area contributed by atoms with Crippen LogP contribution in [0.25, 0.3) is 10.9 Å². The number of aryl methyl sites for hydroxylation is 1. The predicted molar refractivity (Wildman–Crippen MR) is 96.2 cm³/mol. The summed E-state index contributed by atoms with van der Waals surface area (Å²) in [5.41, 5.74) is 1.17. The number of aliphatic hydroxyl groups excluding tert-OH is 1. The van der Waals surface area contributed by atoms with Crippen molar-refractivity contribution in [2.75, 3.05) is 19.8 Å². The maximum atomic E-state index is 12.9. The van der Waals surface area contributed by atoms with Crippen LogP contribution in [0.15, 0.2) is 36.5 Å². The number of aliphatic hydroxyl groups is 1. The maximum absolute atomic E-state index is 12.9. The molecule has 5 heteroatoms. The average molecular weight is 342 g/mol. The van der Waals surface area contributed by atoms with Gasteiger partial charge in [-0.05, 0) is 30.4 Å². The first-order chi connectivity index (χ1) is 12.2. The highest BCUT2D eigenvalue weighted by Gasteiger charge is 2.39. The highest BCUT2D eigenvalue weighted by molar-refractivity contribution is 5.80. The number of benzene rings is 1. The molecular formula is C20H26N2O3. The summed E-state index contributed by atoms with van der Waals surface area (Å²) >= 11 is 0. The van der Waals surface area contributed by atoms with E-state index in [0.29, 0.717) is 32.7 Å². The molecule has 1 saturated carbocycles. The van der Waals surface area contributed by atoms with Crippen LogP contribution in [-0.4, -0.2) is 52.4 Å². The molecule has 2 aliphatic rings. The van der Waals surface area contributed by atoms with E-state index in [0.717, 1.165) is 19.3 Å². The van der Waals surface area contributed by atoms with Crippen molar-refractivity contribution in [3.8, 4) is 0 Å². The van der Waals surface area contributed by atoms with Gasteiger partial charge in [0.05, 0.1) is 25.4 Å². The first-order valence-electron chi connectivity index (χ1n) is 9.33. The predicted octanol–water partition coefficient (Wildman–Crippen LogP) is 2.42. The Morgan fingerprint density at radius 1 is 1.24 bits per heavy atom. The summed E-state index contributed by atoms with van der Waals surface area (Å²) in [7, 11) is 0. The number of nitrogens with zero attached hydrogens (tertiary/aromatic N) is 2. The molecule has 1 aliphatic carbocycles. The lowest BCUT2D eigenvalue weighted by atomic mass is 9.94. The second-order valence-electron chi connectivity index (χ2n) is 7.21. The van der Waals surface area contributed by atoms with Crippen molar-refractivity contribution in [1.82, 2.24) is 9.47 Å². The number of rotatable bonds is 4.